The molecule has 0 aliphatic carbocycles. The maximum atomic E-state index is 6.31. The van der Waals surface area contributed by atoms with Crippen LogP contribution in [0.15, 0.2) is 59.2 Å². The summed E-state index contributed by atoms with van der Waals surface area (Å²) in [6.45, 7) is 0. The van der Waals surface area contributed by atoms with Gasteiger partial charge in [-0.3, -0.25) is 0 Å². The zero-order valence-electron chi connectivity index (χ0n) is 12.3. The lowest BCUT2D eigenvalue weighted by atomic mass is 10.1. The van der Waals surface area contributed by atoms with Gasteiger partial charge in [0.05, 0.1) is 34.4 Å². The van der Waals surface area contributed by atoms with Gasteiger partial charge in [0.2, 0.25) is 5.71 Å². The molecule has 0 fully saturated rings. The Labute approximate surface area is 137 Å². The van der Waals surface area contributed by atoms with Crippen LogP contribution in [0.3, 0.4) is 0 Å². The SMILES string of the molecule is COc1ccccc1Nc1c2ccccc2nc2occ(Cl)c12. The van der Waals surface area contributed by atoms with Crippen molar-refractivity contribution in [3.63, 3.8) is 0 Å². The Morgan fingerprint density at radius 2 is 1.87 bits per heavy atom. The molecule has 0 saturated heterocycles. The molecule has 0 aliphatic heterocycles. The second-order valence-electron chi connectivity index (χ2n) is 5.09. The van der Waals surface area contributed by atoms with Crippen molar-refractivity contribution in [2.45, 2.75) is 0 Å². The number of furan rings is 1. The average molecular weight is 325 g/mol. The highest BCUT2D eigenvalue weighted by Gasteiger charge is 2.16. The van der Waals surface area contributed by atoms with Gasteiger partial charge in [0.25, 0.3) is 0 Å². The maximum Gasteiger partial charge on any atom is 0.230 e. The van der Waals surface area contributed by atoms with Crippen molar-refractivity contribution in [2.75, 3.05) is 12.4 Å². The van der Waals surface area contributed by atoms with Crippen molar-refractivity contribution >= 4 is 45.0 Å². The van der Waals surface area contributed by atoms with Crippen LogP contribution >= 0.6 is 11.6 Å². The molecule has 4 rings (SSSR count). The summed E-state index contributed by atoms with van der Waals surface area (Å²) in [5.41, 5.74) is 3.05. The van der Waals surface area contributed by atoms with Crippen LogP contribution < -0.4 is 10.1 Å². The van der Waals surface area contributed by atoms with Crippen LogP contribution in [0.1, 0.15) is 0 Å². The van der Waals surface area contributed by atoms with Crippen LogP contribution in [0, 0.1) is 0 Å². The van der Waals surface area contributed by atoms with E-state index in [1.165, 1.54) is 6.26 Å². The van der Waals surface area contributed by atoms with Gasteiger partial charge >= 0.3 is 0 Å². The van der Waals surface area contributed by atoms with Crippen molar-refractivity contribution in [3.8, 4) is 5.75 Å². The molecular formula is C18H13ClN2O2. The first kappa shape index (κ1) is 13.9. The molecule has 4 aromatic rings. The number of nitrogens with one attached hydrogen (secondary N) is 1. The second kappa shape index (κ2) is 5.48. The zero-order chi connectivity index (χ0) is 15.8. The normalized spacial score (nSPS) is 11.0. The number of hydrogen-bond donors (Lipinski definition) is 1. The number of ether oxygens (including phenoxy) is 1. The van der Waals surface area contributed by atoms with E-state index < -0.39 is 0 Å². The molecule has 1 N–H and O–H groups in total. The smallest absolute Gasteiger partial charge is 0.230 e. The molecular weight excluding hydrogens is 312 g/mol. The first-order valence-electron chi connectivity index (χ1n) is 7.13. The van der Waals surface area contributed by atoms with Gasteiger partial charge in [0.1, 0.15) is 12.0 Å². The van der Waals surface area contributed by atoms with E-state index in [2.05, 4.69) is 10.3 Å². The lowest BCUT2D eigenvalue weighted by Crippen LogP contribution is -1.97. The Balaban J connectivity index is 2.01. The number of methoxy groups -OCH3 is 1. The van der Waals surface area contributed by atoms with Gasteiger partial charge in [0.15, 0.2) is 0 Å². The molecule has 2 aromatic carbocycles. The zero-order valence-corrected chi connectivity index (χ0v) is 13.1. The summed E-state index contributed by atoms with van der Waals surface area (Å²) in [5.74, 6) is 0.751. The molecule has 2 aromatic heterocycles. The van der Waals surface area contributed by atoms with E-state index in [1.54, 1.807) is 7.11 Å². The number of anilines is 2. The number of benzene rings is 2. The number of para-hydroxylation sites is 3. The van der Waals surface area contributed by atoms with Gasteiger partial charge < -0.3 is 14.5 Å². The summed E-state index contributed by atoms with van der Waals surface area (Å²) in [6, 6.07) is 15.6. The Morgan fingerprint density at radius 3 is 2.74 bits per heavy atom. The minimum atomic E-state index is 0.506. The van der Waals surface area contributed by atoms with Gasteiger partial charge in [-0.25, -0.2) is 4.98 Å². The number of pyridine rings is 1. The number of nitrogens with zero attached hydrogens (tertiary/aromatic N) is 1. The number of rotatable bonds is 3. The van der Waals surface area contributed by atoms with Crippen LogP contribution in [-0.4, -0.2) is 12.1 Å². The van der Waals surface area contributed by atoms with Gasteiger partial charge in [-0.1, -0.05) is 41.9 Å². The highest BCUT2D eigenvalue weighted by molar-refractivity contribution is 6.37. The molecule has 0 amide bonds. The van der Waals surface area contributed by atoms with Crippen molar-refractivity contribution in [2.24, 2.45) is 0 Å². The number of halogens is 1. The Morgan fingerprint density at radius 1 is 1.09 bits per heavy atom. The number of fused-ring (bicyclic) bond motifs is 2. The largest absolute Gasteiger partial charge is 0.495 e. The molecule has 0 bridgehead atoms. The molecule has 114 valence electrons. The summed E-state index contributed by atoms with van der Waals surface area (Å²) < 4.78 is 10.9. The fourth-order valence-corrected chi connectivity index (χ4v) is 2.90. The molecule has 0 aliphatic rings. The quantitative estimate of drug-likeness (QED) is 0.549. The molecule has 4 nitrogen and oxygen atoms in total. The highest BCUT2D eigenvalue weighted by Crippen LogP contribution is 2.39. The molecule has 23 heavy (non-hydrogen) atoms. The van der Waals surface area contributed by atoms with Gasteiger partial charge in [-0.05, 0) is 18.2 Å². The molecule has 0 saturated carbocycles. The Hall–Kier alpha value is -2.72. The summed E-state index contributed by atoms with van der Waals surface area (Å²) in [5, 5.41) is 5.68. The van der Waals surface area contributed by atoms with E-state index in [4.69, 9.17) is 20.8 Å². The summed E-state index contributed by atoms with van der Waals surface area (Å²) in [6.07, 6.45) is 1.51. The van der Waals surface area contributed by atoms with Crippen LogP contribution in [0.5, 0.6) is 5.75 Å². The first-order chi connectivity index (χ1) is 11.3. The molecule has 2 heterocycles. The highest BCUT2D eigenvalue weighted by atomic mass is 35.5. The minimum absolute atomic E-state index is 0.506. The third kappa shape index (κ3) is 2.28. The van der Waals surface area contributed by atoms with E-state index in [1.807, 2.05) is 48.5 Å². The summed E-state index contributed by atoms with van der Waals surface area (Å²) in [7, 11) is 1.64. The van der Waals surface area contributed by atoms with E-state index in [0.29, 0.717) is 10.7 Å². The summed E-state index contributed by atoms with van der Waals surface area (Å²) in [4.78, 5) is 4.52. The van der Waals surface area contributed by atoms with Crippen LogP contribution in [0.25, 0.3) is 22.0 Å². The minimum Gasteiger partial charge on any atom is -0.495 e. The van der Waals surface area contributed by atoms with Crippen LogP contribution in [0.4, 0.5) is 11.4 Å². The van der Waals surface area contributed by atoms with Crippen molar-refractivity contribution < 1.29 is 9.15 Å². The fraction of sp³-hybridized carbons (Fsp3) is 0.0556. The fourth-order valence-electron chi connectivity index (χ4n) is 2.68. The van der Waals surface area contributed by atoms with E-state index in [9.17, 15) is 0 Å². The van der Waals surface area contributed by atoms with E-state index in [0.717, 1.165) is 33.4 Å². The first-order valence-corrected chi connectivity index (χ1v) is 7.51. The third-order valence-electron chi connectivity index (χ3n) is 3.74. The molecule has 5 heteroatoms. The monoisotopic (exact) mass is 324 g/mol. The Bertz CT molecular complexity index is 1010. The summed E-state index contributed by atoms with van der Waals surface area (Å²) >= 11 is 6.31. The molecule has 0 radical (unpaired) electrons. The molecule has 0 atom stereocenters. The number of aromatic nitrogens is 1. The molecule has 0 unspecified atom stereocenters. The predicted molar refractivity (Wildman–Crippen MR) is 92.8 cm³/mol. The second-order valence-corrected chi connectivity index (χ2v) is 5.50. The van der Waals surface area contributed by atoms with E-state index in [-0.39, 0.29) is 0 Å². The molecule has 0 spiro atoms. The topological polar surface area (TPSA) is 47.3 Å². The van der Waals surface area contributed by atoms with E-state index >= 15 is 0 Å². The van der Waals surface area contributed by atoms with Gasteiger partial charge in [-0.2, -0.15) is 0 Å². The van der Waals surface area contributed by atoms with Crippen molar-refractivity contribution in [1.29, 1.82) is 0 Å². The van der Waals surface area contributed by atoms with Crippen LogP contribution in [0.2, 0.25) is 5.02 Å². The average Bonchev–Trinajstić information content (AvgIpc) is 2.96. The lowest BCUT2D eigenvalue weighted by Gasteiger charge is -2.14. The third-order valence-corrected chi connectivity index (χ3v) is 4.02. The van der Waals surface area contributed by atoms with Crippen LogP contribution in [-0.2, 0) is 0 Å². The van der Waals surface area contributed by atoms with Crippen molar-refractivity contribution in [1.82, 2.24) is 4.98 Å². The van der Waals surface area contributed by atoms with Gasteiger partial charge in [-0.15, -0.1) is 0 Å². The van der Waals surface area contributed by atoms with Gasteiger partial charge in [0, 0.05) is 5.39 Å². The lowest BCUT2D eigenvalue weighted by molar-refractivity contribution is 0.417. The number of hydrogen-bond acceptors (Lipinski definition) is 4. The Kier molecular flexibility index (Phi) is 3.32. The standard InChI is InChI=1S/C18H13ClN2O2/c1-22-15-9-5-4-8-14(15)20-17-11-6-2-3-7-13(11)21-18-16(17)12(19)10-23-18/h2-10H,1H3,(H,20,21). The van der Waals surface area contributed by atoms with Crippen molar-refractivity contribution in [3.05, 3.63) is 59.8 Å². The maximum absolute atomic E-state index is 6.31. The predicted octanol–water partition coefficient (Wildman–Crippen LogP) is 5.39.